The van der Waals surface area contributed by atoms with E-state index in [1.165, 1.54) is 4.90 Å². The van der Waals surface area contributed by atoms with Gasteiger partial charge in [-0.2, -0.15) is 0 Å². The van der Waals surface area contributed by atoms with Gasteiger partial charge in [-0.05, 0) is 18.1 Å². The van der Waals surface area contributed by atoms with E-state index in [1.54, 1.807) is 0 Å². The summed E-state index contributed by atoms with van der Waals surface area (Å²) < 4.78 is 27.6. The second-order valence-corrected chi connectivity index (χ2v) is 5.81. The molecule has 116 valence electrons. The second kappa shape index (κ2) is 6.39. The van der Waals surface area contributed by atoms with Crippen LogP contribution in [0.15, 0.2) is 12.1 Å². The third-order valence-electron chi connectivity index (χ3n) is 3.62. The van der Waals surface area contributed by atoms with Crippen LogP contribution in [-0.4, -0.2) is 48.4 Å². The Bertz CT molecular complexity index is 526. The maximum Gasteiger partial charge on any atom is 0.259 e. The fourth-order valence-electron chi connectivity index (χ4n) is 2.57. The van der Waals surface area contributed by atoms with E-state index < -0.39 is 23.1 Å². The van der Waals surface area contributed by atoms with Crippen LogP contribution >= 0.6 is 0 Å². The van der Waals surface area contributed by atoms with Crippen LogP contribution < -0.4 is 5.73 Å². The number of anilines is 1. The first kappa shape index (κ1) is 15.7. The minimum absolute atomic E-state index is 0.210. The molecule has 1 fully saturated rings. The van der Waals surface area contributed by atoms with Crippen LogP contribution in [0.2, 0.25) is 0 Å². The van der Waals surface area contributed by atoms with Gasteiger partial charge >= 0.3 is 0 Å². The van der Waals surface area contributed by atoms with Gasteiger partial charge in [0.2, 0.25) is 0 Å². The number of piperazine rings is 1. The summed E-state index contributed by atoms with van der Waals surface area (Å²) in [5.41, 5.74) is 4.65. The fourth-order valence-corrected chi connectivity index (χ4v) is 2.57. The Morgan fingerprint density at radius 1 is 1.24 bits per heavy atom. The van der Waals surface area contributed by atoms with Crippen molar-refractivity contribution in [1.82, 2.24) is 9.80 Å². The van der Waals surface area contributed by atoms with Crippen LogP contribution in [0.25, 0.3) is 0 Å². The number of hydrogen-bond donors (Lipinski definition) is 1. The molecule has 1 saturated heterocycles. The minimum atomic E-state index is -0.968. The van der Waals surface area contributed by atoms with Crippen molar-refractivity contribution in [1.29, 1.82) is 0 Å². The molecule has 0 aliphatic carbocycles. The standard InChI is InChI=1S/C15H21F2N3O/c1-10(2)9-19-5-7-20(8-6-19)15(21)13-11(16)3-4-12(18)14(13)17/h3-4,10H,5-9,18H2,1-2H3. The minimum Gasteiger partial charge on any atom is -0.396 e. The number of amides is 1. The molecule has 0 aromatic heterocycles. The lowest BCUT2D eigenvalue weighted by Gasteiger charge is -2.35. The highest BCUT2D eigenvalue weighted by Crippen LogP contribution is 2.21. The van der Waals surface area contributed by atoms with E-state index in [0.717, 1.165) is 31.8 Å². The molecule has 2 rings (SSSR count). The molecule has 4 nitrogen and oxygen atoms in total. The number of nitrogens with zero attached hydrogens (tertiary/aromatic N) is 2. The van der Waals surface area contributed by atoms with Crippen molar-refractivity contribution in [2.24, 2.45) is 5.92 Å². The summed E-state index contributed by atoms with van der Waals surface area (Å²) in [6, 6.07) is 2.16. The molecule has 21 heavy (non-hydrogen) atoms. The molecular formula is C15H21F2N3O. The lowest BCUT2D eigenvalue weighted by Crippen LogP contribution is -2.49. The van der Waals surface area contributed by atoms with Crippen molar-refractivity contribution in [3.63, 3.8) is 0 Å². The monoisotopic (exact) mass is 297 g/mol. The van der Waals surface area contributed by atoms with Crippen LogP contribution in [0.5, 0.6) is 0 Å². The zero-order valence-electron chi connectivity index (χ0n) is 12.4. The second-order valence-electron chi connectivity index (χ2n) is 5.81. The molecule has 1 aromatic rings. The lowest BCUT2D eigenvalue weighted by atomic mass is 10.1. The largest absolute Gasteiger partial charge is 0.396 e. The molecule has 1 heterocycles. The van der Waals surface area contributed by atoms with E-state index in [4.69, 9.17) is 5.73 Å². The van der Waals surface area contributed by atoms with Crippen molar-refractivity contribution in [3.8, 4) is 0 Å². The van der Waals surface area contributed by atoms with E-state index in [1.807, 2.05) is 0 Å². The Morgan fingerprint density at radius 3 is 2.43 bits per heavy atom. The molecule has 0 unspecified atom stereocenters. The number of hydrogen-bond acceptors (Lipinski definition) is 3. The topological polar surface area (TPSA) is 49.6 Å². The number of nitrogens with two attached hydrogens (primary N) is 1. The number of carbonyl (C=O) groups excluding carboxylic acids is 1. The highest BCUT2D eigenvalue weighted by molar-refractivity contribution is 5.95. The summed E-state index contributed by atoms with van der Waals surface area (Å²) in [4.78, 5) is 16.0. The van der Waals surface area contributed by atoms with E-state index in [0.29, 0.717) is 19.0 Å². The van der Waals surface area contributed by atoms with Gasteiger partial charge in [0.25, 0.3) is 5.91 Å². The summed E-state index contributed by atoms with van der Waals surface area (Å²) in [6.07, 6.45) is 0. The molecule has 6 heteroatoms. The Labute approximate surface area is 123 Å². The van der Waals surface area contributed by atoms with Crippen LogP contribution in [0.3, 0.4) is 0 Å². The van der Waals surface area contributed by atoms with Crippen LogP contribution in [0.4, 0.5) is 14.5 Å². The zero-order valence-corrected chi connectivity index (χ0v) is 12.4. The Hall–Kier alpha value is -1.69. The number of carbonyl (C=O) groups is 1. The van der Waals surface area contributed by atoms with Gasteiger partial charge in [0.15, 0.2) is 5.82 Å². The molecule has 1 aromatic carbocycles. The highest BCUT2D eigenvalue weighted by atomic mass is 19.1. The summed E-state index contributed by atoms with van der Waals surface area (Å²) in [7, 11) is 0. The van der Waals surface area contributed by atoms with Gasteiger partial charge in [0, 0.05) is 32.7 Å². The van der Waals surface area contributed by atoms with Crippen molar-refractivity contribution in [3.05, 3.63) is 29.3 Å². The van der Waals surface area contributed by atoms with Gasteiger partial charge in [0.1, 0.15) is 11.4 Å². The average molecular weight is 297 g/mol. The smallest absolute Gasteiger partial charge is 0.259 e. The van der Waals surface area contributed by atoms with Gasteiger partial charge in [-0.25, -0.2) is 8.78 Å². The third kappa shape index (κ3) is 3.50. The molecule has 0 atom stereocenters. The zero-order chi connectivity index (χ0) is 15.6. The predicted octanol–water partition coefficient (Wildman–Crippen LogP) is 1.96. The maximum absolute atomic E-state index is 13.9. The number of halogens is 2. The van der Waals surface area contributed by atoms with Crippen LogP contribution in [0, 0.1) is 17.6 Å². The molecular weight excluding hydrogens is 276 g/mol. The Balaban J connectivity index is 2.08. The summed E-state index contributed by atoms with van der Waals surface area (Å²) in [6.45, 7) is 7.61. The number of nitrogen functional groups attached to an aromatic ring is 1. The summed E-state index contributed by atoms with van der Waals surface area (Å²) >= 11 is 0. The van der Waals surface area contributed by atoms with Gasteiger partial charge in [-0.3, -0.25) is 9.69 Å². The fraction of sp³-hybridized carbons (Fsp3) is 0.533. The number of benzene rings is 1. The van der Waals surface area contributed by atoms with Gasteiger partial charge in [0.05, 0.1) is 5.69 Å². The summed E-state index contributed by atoms with van der Waals surface area (Å²) in [5, 5.41) is 0. The molecule has 0 bridgehead atoms. The van der Waals surface area contributed by atoms with E-state index in [-0.39, 0.29) is 5.69 Å². The first-order valence-corrected chi connectivity index (χ1v) is 7.15. The maximum atomic E-state index is 13.9. The molecule has 1 aliphatic heterocycles. The highest BCUT2D eigenvalue weighted by Gasteiger charge is 2.27. The Kier molecular flexibility index (Phi) is 4.77. The summed E-state index contributed by atoms with van der Waals surface area (Å²) in [5.74, 6) is -1.90. The molecule has 1 aliphatic rings. The van der Waals surface area contributed by atoms with E-state index in [9.17, 15) is 13.6 Å². The van der Waals surface area contributed by atoms with E-state index in [2.05, 4.69) is 18.7 Å². The van der Waals surface area contributed by atoms with Crippen molar-refractivity contribution in [2.75, 3.05) is 38.5 Å². The average Bonchev–Trinajstić information content (AvgIpc) is 2.43. The molecule has 2 N–H and O–H groups in total. The van der Waals surface area contributed by atoms with Gasteiger partial charge < -0.3 is 10.6 Å². The quantitative estimate of drug-likeness (QED) is 0.868. The molecule has 0 spiro atoms. The number of rotatable bonds is 3. The first-order valence-electron chi connectivity index (χ1n) is 7.15. The Morgan fingerprint density at radius 2 is 1.86 bits per heavy atom. The lowest BCUT2D eigenvalue weighted by molar-refractivity contribution is 0.0614. The molecule has 1 amide bonds. The SMILES string of the molecule is CC(C)CN1CCN(C(=O)c2c(F)ccc(N)c2F)CC1. The van der Waals surface area contributed by atoms with Crippen LogP contribution in [0.1, 0.15) is 24.2 Å². The van der Waals surface area contributed by atoms with Crippen molar-refractivity contribution in [2.45, 2.75) is 13.8 Å². The normalized spacial score (nSPS) is 16.5. The molecule has 0 radical (unpaired) electrons. The first-order chi connectivity index (χ1) is 9.90. The van der Waals surface area contributed by atoms with E-state index >= 15 is 0 Å². The third-order valence-corrected chi connectivity index (χ3v) is 3.62. The van der Waals surface area contributed by atoms with Crippen LogP contribution in [-0.2, 0) is 0 Å². The molecule has 0 saturated carbocycles. The van der Waals surface area contributed by atoms with Crippen molar-refractivity contribution >= 4 is 11.6 Å². The van der Waals surface area contributed by atoms with Crippen molar-refractivity contribution < 1.29 is 13.6 Å². The predicted molar refractivity (Wildman–Crippen MR) is 78.0 cm³/mol. The van der Waals surface area contributed by atoms with Gasteiger partial charge in [-0.15, -0.1) is 0 Å². The van der Waals surface area contributed by atoms with Gasteiger partial charge in [-0.1, -0.05) is 13.8 Å².